The van der Waals surface area contributed by atoms with Crippen molar-refractivity contribution in [2.24, 2.45) is 0 Å². The van der Waals surface area contributed by atoms with Crippen molar-refractivity contribution in [1.82, 2.24) is 9.97 Å². The molecule has 0 spiro atoms. The molecule has 0 bridgehead atoms. The number of H-pyrrole nitrogens is 1. The largest absolute Gasteiger partial charge is 0.494 e. The lowest BCUT2D eigenvalue weighted by Gasteiger charge is -2.05. The number of hydrogen-bond acceptors (Lipinski definition) is 3. The zero-order valence-corrected chi connectivity index (χ0v) is 13.3. The lowest BCUT2D eigenvalue weighted by atomic mass is 10.3. The van der Waals surface area contributed by atoms with Gasteiger partial charge in [-0.25, -0.2) is 9.37 Å². The average molecular weight is 337 g/mol. The van der Waals surface area contributed by atoms with Gasteiger partial charge in [-0.3, -0.25) is 0 Å². The molecular weight excluding hydrogens is 323 g/mol. The van der Waals surface area contributed by atoms with E-state index >= 15 is 0 Å². The molecule has 0 aliphatic carbocycles. The van der Waals surface area contributed by atoms with Crippen LogP contribution in [0.3, 0.4) is 0 Å². The van der Waals surface area contributed by atoms with E-state index in [1.807, 2.05) is 18.2 Å². The summed E-state index contributed by atoms with van der Waals surface area (Å²) in [6, 6.07) is 11.6. The number of aromatic nitrogens is 2. The molecule has 3 nitrogen and oxygen atoms in total. The minimum Gasteiger partial charge on any atom is -0.494 e. The predicted octanol–water partition coefficient (Wildman–Crippen LogP) is 4.92. The van der Waals surface area contributed by atoms with Crippen molar-refractivity contribution in [2.75, 3.05) is 12.4 Å². The summed E-state index contributed by atoms with van der Waals surface area (Å²) in [7, 11) is 0. The van der Waals surface area contributed by atoms with Crippen molar-refractivity contribution in [3.8, 4) is 5.75 Å². The number of nitrogens with zero attached hydrogens (tertiary/aromatic N) is 1. The number of nitrogens with one attached hydrogen (secondary N) is 1. The number of halogens is 2. The van der Waals surface area contributed by atoms with E-state index in [4.69, 9.17) is 16.3 Å². The summed E-state index contributed by atoms with van der Waals surface area (Å²) in [5, 5.41) is 1.57. The van der Waals surface area contributed by atoms with Crippen molar-refractivity contribution in [2.45, 2.75) is 11.6 Å². The van der Waals surface area contributed by atoms with Crippen molar-refractivity contribution in [3.05, 3.63) is 53.3 Å². The molecule has 1 heterocycles. The van der Waals surface area contributed by atoms with Gasteiger partial charge in [0.2, 0.25) is 0 Å². The number of aromatic amines is 1. The van der Waals surface area contributed by atoms with Crippen LogP contribution in [0.15, 0.2) is 47.6 Å². The highest BCUT2D eigenvalue weighted by molar-refractivity contribution is 7.99. The first-order valence-electron chi connectivity index (χ1n) is 6.87. The molecule has 1 aromatic heterocycles. The number of hydrogen-bond donors (Lipinski definition) is 1. The average Bonchev–Trinajstić information content (AvgIpc) is 2.90. The van der Waals surface area contributed by atoms with Crippen LogP contribution in [0.2, 0.25) is 5.02 Å². The third kappa shape index (κ3) is 3.93. The van der Waals surface area contributed by atoms with E-state index in [1.54, 1.807) is 23.9 Å². The van der Waals surface area contributed by atoms with Crippen LogP contribution in [-0.2, 0) is 0 Å². The van der Waals surface area contributed by atoms with E-state index in [-0.39, 0.29) is 5.82 Å². The van der Waals surface area contributed by atoms with Crippen molar-refractivity contribution < 1.29 is 9.13 Å². The van der Waals surface area contributed by atoms with Gasteiger partial charge in [0.05, 0.1) is 17.6 Å². The van der Waals surface area contributed by atoms with Crippen LogP contribution in [0, 0.1) is 5.82 Å². The third-order valence-corrected chi connectivity index (χ3v) is 4.23. The Kier molecular flexibility index (Phi) is 4.85. The highest BCUT2D eigenvalue weighted by Crippen LogP contribution is 2.22. The molecule has 22 heavy (non-hydrogen) atoms. The minimum absolute atomic E-state index is 0.257. The van der Waals surface area contributed by atoms with Gasteiger partial charge >= 0.3 is 0 Å². The van der Waals surface area contributed by atoms with Crippen LogP contribution >= 0.6 is 23.4 Å². The summed E-state index contributed by atoms with van der Waals surface area (Å²) >= 11 is 7.59. The summed E-state index contributed by atoms with van der Waals surface area (Å²) in [6.07, 6.45) is 0.875. The van der Waals surface area contributed by atoms with Crippen molar-refractivity contribution >= 4 is 34.4 Å². The van der Waals surface area contributed by atoms with Crippen LogP contribution in [0.5, 0.6) is 5.75 Å². The van der Waals surface area contributed by atoms with Crippen LogP contribution < -0.4 is 4.74 Å². The summed E-state index contributed by atoms with van der Waals surface area (Å²) in [6.45, 7) is 0.588. The Labute approximate surface area is 136 Å². The van der Waals surface area contributed by atoms with Crippen LogP contribution in [-0.4, -0.2) is 22.3 Å². The number of rotatable bonds is 6. The molecule has 0 aliphatic heterocycles. The highest BCUT2D eigenvalue weighted by atomic mass is 35.5. The second-order valence-corrected chi connectivity index (χ2v) is 6.23. The molecule has 0 fully saturated rings. The molecular formula is C16H14ClFN2OS. The van der Waals surface area contributed by atoms with Gasteiger partial charge in [-0.1, -0.05) is 23.4 Å². The smallest absolute Gasteiger partial charge is 0.166 e. The molecule has 0 saturated heterocycles. The number of thioether (sulfide) groups is 1. The van der Waals surface area contributed by atoms with E-state index in [9.17, 15) is 4.39 Å². The Bertz CT molecular complexity index is 760. The summed E-state index contributed by atoms with van der Waals surface area (Å²) in [5.74, 6) is 1.31. The maximum Gasteiger partial charge on any atom is 0.166 e. The zero-order valence-electron chi connectivity index (χ0n) is 11.7. The van der Waals surface area contributed by atoms with E-state index in [1.165, 1.54) is 12.1 Å². The van der Waals surface area contributed by atoms with Gasteiger partial charge in [0.15, 0.2) is 5.16 Å². The summed E-state index contributed by atoms with van der Waals surface area (Å²) < 4.78 is 18.3. The lowest BCUT2D eigenvalue weighted by molar-refractivity contribution is 0.318. The topological polar surface area (TPSA) is 37.9 Å². The molecule has 0 aliphatic rings. The molecule has 3 rings (SSSR count). The van der Waals surface area contributed by atoms with E-state index in [0.717, 1.165) is 28.4 Å². The molecule has 0 unspecified atom stereocenters. The number of benzene rings is 2. The first kappa shape index (κ1) is 15.2. The zero-order chi connectivity index (χ0) is 15.4. The first-order chi connectivity index (χ1) is 10.7. The first-order valence-corrected chi connectivity index (χ1v) is 8.23. The van der Waals surface area contributed by atoms with Gasteiger partial charge in [-0.2, -0.15) is 0 Å². The maximum absolute atomic E-state index is 12.8. The molecule has 0 atom stereocenters. The molecule has 2 aromatic carbocycles. The fourth-order valence-corrected chi connectivity index (χ4v) is 2.95. The van der Waals surface area contributed by atoms with Gasteiger partial charge in [-0.15, -0.1) is 0 Å². The van der Waals surface area contributed by atoms with Crippen LogP contribution in [0.4, 0.5) is 4.39 Å². The van der Waals surface area contributed by atoms with E-state index in [2.05, 4.69) is 9.97 Å². The summed E-state index contributed by atoms with van der Waals surface area (Å²) in [5.41, 5.74) is 1.85. The molecule has 6 heteroatoms. The Hall–Kier alpha value is -1.72. The summed E-state index contributed by atoms with van der Waals surface area (Å²) in [4.78, 5) is 7.72. The van der Waals surface area contributed by atoms with Crippen LogP contribution in [0.25, 0.3) is 11.0 Å². The quantitative estimate of drug-likeness (QED) is 0.513. The van der Waals surface area contributed by atoms with E-state index < -0.39 is 0 Å². The van der Waals surface area contributed by atoms with Gasteiger partial charge in [-0.05, 0) is 48.9 Å². The Morgan fingerprint density at radius 3 is 2.82 bits per heavy atom. The standard InChI is InChI=1S/C16H14ClFN2OS/c17-11-2-7-14-15(10-11)20-16(19-14)22-9-1-8-21-13-5-3-12(18)4-6-13/h2-7,10H,1,8-9H2,(H,19,20). The number of fused-ring (bicyclic) bond motifs is 1. The maximum atomic E-state index is 12.8. The molecule has 0 radical (unpaired) electrons. The Morgan fingerprint density at radius 1 is 1.18 bits per heavy atom. The van der Waals surface area contributed by atoms with Gasteiger partial charge < -0.3 is 9.72 Å². The molecule has 114 valence electrons. The second kappa shape index (κ2) is 7.03. The number of imidazole rings is 1. The van der Waals surface area contributed by atoms with Crippen molar-refractivity contribution in [1.29, 1.82) is 0 Å². The fraction of sp³-hybridized carbons (Fsp3) is 0.188. The fourth-order valence-electron chi connectivity index (χ4n) is 1.98. The molecule has 1 N–H and O–H groups in total. The normalized spacial score (nSPS) is 11.0. The molecule has 3 aromatic rings. The van der Waals surface area contributed by atoms with Gasteiger partial charge in [0.25, 0.3) is 0 Å². The second-order valence-electron chi connectivity index (χ2n) is 4.71. The van der Waals surface area contributed by atoms with Crippen LogP contribution in [0.1, 0.15) is 6.42 Å². The third-order valence-electron chi connectivity index (χ3n) is 3.03. The Morgan fingerprint density at radius 2 is 2.00 bits per heavy atom. The predicted molar refractivity (Wildman–Crippen MR) is 88.3 cm³/mol. The monoisotopic (exact) mass is 336 g/mol. The SMILES string of the molecule is Fc1ccc(OCCCSc2nc3ccc(Cl)cc3[nH]2)cc1. The number of ether oxygens (including phenoxy) is 1. The lowest BCUT2D eigenvalue weighted by Crippen LogP contribution is -1.98. The van der Waals surface area contributed by atoms with Crippen molar-refractivity contribution in [3.63, 3.8) is 0 Å². The highest BCUT2D eigenvalue weighted by Gasteiger charge is 2.04. The Balaban J connectivity index is 1.45. The molecule has 0 amide bonds. The van der Waals surface area contributed by atoms with E-state index in [0.29, 0.717) is 17.4 Å². The molecule has 0 saturated carbocycles. The van der Waals surface area contributed by atoms with Gasteiger partial charge in [0.1, 0.15) is 11.6 Å². The minimum atomic E-state index is -0.257. The van der Waals surface area contributed by atoms with Gasteiger partial charge in [0, 0.05) is 10.8 Å².